The summed E-state index contributed by atoms with van der Waals surface area (Å²) in [5.41, 5.74) is 19.0. The van der Waals surface area contributed by atoms with Gasteiger partial charge in [0, 0.05) is 36.3 Å². The quantitative estimate of drug-likeness (QED) is 0.157. The Bertz CT molecular complexity index is 1880. The number of fused-ring (bicyclic) bond motifs is 2. The fourth-order valence-corrected chi connectivity index (χ4v) is 4.91. The van der Waals surface area contributed by atoms with E-state index in [1.165, 1.54) is 0 Å². The third kappa shape index (κ3) is 5.19. The standard InChI is InChI=1S/C34H28N6O2/c35-19-21-3-1-5-25(15-21)41-27-11-13-29-31(17-27)39-33(37-29)23-7-9-24(10-8-23)34-38-30-14-12-28(18-32(30)40-34)42-26-6-2-4-22(16-26)20-36/h1-18H,19-20,35-36H2,(H,37,39)(H,38,40). The molecule has 7 aromatic rings. The summed E-state index contributed by atoms with van der Waals surface area (Å²) in [4.78, 5) is 16.4. The minimum absolute atomic E-state index is 0.469. The van der Waals surface area contributed by atoms with E-state index in [2.05, 4.69) is 9.97 Å². The SMILES string of the molecule is NCc1cccc(Oc2ccc3nc(-c4ccc(-c5nc6ccc(Oc7cccc(CN)c7)cc6[nH]5)cc4)[nH]c3c2)c1. The van der Waals surface area contributed by atoms with Crippen molar-refractivity contribution < 1.29 is 9.47 Å². The average molecular weight is 553 g/mol. The molecule has 6 N–H and O–H groups in total. The fourth-order valence-electron chi connectivity index (χ4n) is 4.91. The number of aromatic nitrogens is 4. The molecule has 0 spiro atoms. The van der Waals surface area contributed by atoms with Crippen LogP contribution < -0.4 is 20.9 Å². The molecule has 0 saturated carbocycles. The van der Waals surface area contributed by atoms with E-state index in [0.29, 0.717) is 13.1 Å². The lowest BCUT2D eigenvalue weighted by atomic mass is 10.1. The Morgan fingerprint density at radius 1 is 0.500 bits per heavy atom. The summed E-state index contributed by atoms with van der Waals surface area (Å²) in [7, 11) is 0. The highest BCUT2D eigenvalue weighted by molar-refractivity contribution is 5.83. The topological polar surface area (TPSA) is 128 Å². The number of hydrogen-bond acceptors (Lipinski definition) is 6. The molecule has 0 unspecified atom stereocenters. The number of hydrogen-bond donors (Lipinski definition) is 4. The first kappa shape index (κ1) is 25.5. The average Bonchev–Trinajstić information content (AvgIpc) is 3.65. The fraction of sp³-hybridized carbons (Fsp3) is 0.0588. The van der Waals surface area contributed by atoms with E-state index in [-0.39, 0.29) is 0 Å². The number of aromatic amines is 2. The normalized spacial score (nSPS) is 11.3. The van der Waals surface area contributed by atoms with Gasteiger partial charge in [-0.15, -0.1) is 0 Å². The number of nitrogens with zero attached hydrogens (tertiary/aromatic N) is 2. The van der Waals surface area contributed by atoms with Crippen LogP contribution in [0.25, 0.3) is 44.8 Å². The van der Waals surface area contributed by atoms with Gasteiger partial charge in [-0.25, -0.2) is 9.97 Å². The summed E-state index contributed by atoms with van der Waals surface area (Å²) in [6.45, 7) is 0.938. The highest BCUT2D eigenvalue weighted by Crippen LogP contribution is 2.30. The third-order valence-corrected chi connectivity index (χ3v) is 7.08. The molecule has 0 bridgehead atoms. The molecule has 0 radical (unpaired) electrons. The molecule has 206 valence electrons. The Labute approximate surface area is 242 Å². The zero-order chi connectivity index (χ0) is 28.5. The van der Waals surface area contributed by atoms with Crippen LogP contribution in [0.3, 0.4) is 0 Å². The van der Waals surface area contributed by atoms with Crippen molar-refractivity contribution in [3.63, 3.8) is 0 Å². The number of imidazole rings is 2. The molecule has 0 saturated heterocycles. The van der Waals surface area contributed by atoms with Crippen LogP contribution in [-0.2, 0) is 13.1 Å². The maximum absolute atomic E-state index is 6.05. The van der Waals surface area contributed by atoms with Crippen molar-refractivity contribution in [1.29, 1.82) is 0 Å². The lowest BCUT2D eigenvalue weighted by Crippen LogP contribution is -1.96. The first-order chi connectivity index (χ1) is 20.6. The molecule has 2 heterocycles. The van der Waals surface area contributed by atoms with Crippen LogP contribution in [0.4, 0.5) is 0 Å². The Morgan fingerprint density at radius 2 is 0.929 bits per heavy atom. The molecule has 0 aliphatic heterocycles. The number of nitrogens with two attached hydrogens (primary N) is 2. The first-order valence-corrected chi connectivity index (χ1v) is 13.7. The van der Waals surface area contributed by atoms with E-state index in [4.69, 9.17) is 30.9 Å². The maximum Gasteiger partial charge on any atom is 0.138 e. The molecule has 42 heavy (non-hydrogen) atoms. The van der Waals surface area contributed by atoms with Crippen LogP contribution in [0.1, 0.15) is 11.1 Å². The van der Waals surface area contributed by atoms with Crippen molar-refractivity contribution in [2.45, 2.75) is 13.1 Å². The van der Waals surface area contributed by atoms with Crippen LogP contribution in [0.15, 0.2) is 109 Å². The van der Waals surface area contributed by atoms with E-state index in [1.807, 2.05) is 109 Å². The molecule has 0 aliphatic carbocycles. The molecule has 0 atom stereocenters. The van der Waals surface area contributed by atoms with E-state index in [0.717, 1.165) is 79.0 Å². The Morgan fingerprint density at radius 3 is 1.36 bits per heavy atom. The van der Waals surface area contributed by atoms with Crippen LogP contribution in [0.2, 0.25) is 0 Å². The molecule has 7 rings (SSSR count). The number of H-pyrrole nitrogens is 2. The van der Waals surface area contributed by atoms with Gasteiger partial charge < -0.3 is 30.9 Å². The number of benzene rings is 5. The summed E-state index contributed by atoms with van der Waals surface area (Å²) >= 11 is 0. The van der Waals surface area contributed by atoms with Crippen molar-refractivity contribution in [2.24, 2.45) is 11.5 Å². The zero-order valence-corrected chi connectivity index (χ0v) is 22.7. The minimum Gasteiger partial charge on any atom is -0.457 e. The van der Waals surface area contributed by atoms with Gasteiger partial charge in [0.2, 0.25) is 0 Å². The second-order valence-corrected chi connectivity index (χ2v) is 10.0. The second kappa shape index (κ2) is 10.9. The predicted octanol–water partition coefficient (Wildman–Crippen LogP) is 7.28. The van der Waals surface area contributed by atoms with Crippen LogP contribution in [0.5, 0.6) is 23.0 Å². The van der Waals surface area contributed by atoms with Gasteiger partial charge >= 0.3 is 0 Å². The van der Waals surface area contributed by atoms with Crippen molar-refractivity contribution in [3.05, 3.63) is 120 Å². The molecule has 0 aliphatic rings. The highest BCUT2D eigenvalue weighted by atomic mass is 16.5. The summed E-state index contributed by atoms with van der Waals surface area (Å²) in [6, 6.07) is 35.4. The maximum atomic E-state index is 6.05. The summed E-state index contributed by atoms with van der Waals surface area (Å²) in [6.07, 6.45) is 0. The van der Waals surface area contributed by atoms with Crippen molar-refractivity contribution in [1.82, 2.24) is 19.9 Å². The van der Waals surface area contributed by atoms with Gasteiger partial charge in [-0.2, -0.15) is 0 Å². The number of nitrogens with one attached hydrogen (secondary N) is 2. The molecule has 8 nitrogen and oxygen atoms in total. The molecular weight excluding hydrogens is 524 g/mol. The van der Waals surface area contributed by atoms with E-state index < -0.39 is 0 Å². The van der Waals surface area contributed by atoms with Gasteiger partial charge in [0.05, 0.1) is 22.1 Å². The lowest BCUT2D eigenvalue weighted by Gasteiger charge is -2.06. The molecule has 5 aromatic carbocycles. The highest BCUT2D eigenvalue weighted by Gasteiger charge is 2.11. The smallest absolute Gasteiger partial charge is 0.138 e. The largest absolute Gasteiger partial charge is 0.457 e. The third-order valence-electron chi connectivity index (χ3n) is 7.08. The van der Waals surface area contributed by atoms with Gasteiger partial charge in [-0.05, 0) is 59.7 Å². The van der Waals surface area contributed by atoms with Crippen molar-refractivity contribution in [3.8, 4) is 45.8 Å². The van der Waals surface area contributed by atoms with Gasteiger partial charge in [-0.3, -0.25) is 0 Å². The van der Waals surface area contributed by atoms with Gasteiger partial charge in [-0.1, -0.05) is 48.5 Å². The summed E-state index contributed by atoms with van der Waals surface area (Å²) < 4.78 is 12.1. The van der Waals surface area contributed by atoms with Crippen LogP contribution in [0, 0.1) is 0 Å². The Hall–Kier alpha value is -5.44. The molecule has 2 aromatic heterocycles. The Kier molecular flexibility index (Phi) is 6.59. The lowest BCUT2D eigenvalue weighted by molar-refractivity contribution is 0.482. The first-order valence-electron chi connectivity index (χ1n) is 13.7. The van der Waals surface area contributed by atoms with Crippen LogP contribution in [-0.4, -0.2) is 19.9 Å². The molecule has 0 amide bonds. The van der Waals surface area contributed by atoms with Crippen LogP contribution >= 0.6 is 0 Å². The van der Waals surface area contributed by atoms with Gasteiger partial charge in [0.25, 0.3) is 0 Å². The molecule has 0 fully saturated rings. The number of ether oxygens (including phenoxy) is 2. The minimum atomic E-state index is 0.469. The molecular formula is C34H28N6O2. The number of rotatable bonds is 8. The van der Waals surface area contributed by atoms with Crippen molar-refractivity contribution >= 4 is 22.1 Å². The molecule has 8 heteroatoms. The van der Waals surface area contributed by atoms with Gasteiger partial charge in [0.15, 0.2) is 0 Å². The Balaban J connectivity index is 1.09. The summed E-state index contributed by atoms with van der Waals surface area (Å²) in [5, 5.41) is 0. The monoisotopic (exact) mass is 552 g/mol. The second-order valence-electron chi connectivity index (χ2n) is 10.0. The zero-order valence-electron chi connectivity index (χ0n) is 22.7. The van der Waals surface area contributed by atoms with E-state index >= 15 is 0 Å². The van der Waals surface area contributed by atoms with Crippen molar-refractivity contribution in [2.75, 3.05) is 0 Å². The van der Waals surface area contributed by atoms with Gasteiger partial charge in [0.1, 0.15) is 34.6 Å². The van der Waals surface area contributed by atoms with E-state index in [1.54, 1.807) is 0 Å². The van der Waals surface area contributed by atoms with E-state index in [9.17, 15) is 0 Å². The summed E-state index contributed by atoms with van der Waals surface area (Å²) in [5.74, 6) is 4.51. The predicted molar refractivity (Wildman–Crippen MR) is 165 cm³/mol.